The Morgan fingerprint density at radius 1 is 1.17 bits per heavy atom. The van der Waals surface area contributed by atoms with E-state index in [0.717, 1.165) is 80.0 Å². The molecule has 35 heavy (non-hydrogen) atoms. The third kappa shape index (κ3) is 4.68. The Hall–Kier alpha value is -2.88. The number of rotatable bonds is 5. The number of halogens is 1. The minimum Gasteiger partial charge on any atom is -0.362 e. The van der Waals surface area contributed by atoms with Crippen LogP contribution in [0.3, 0.4) is 0 Å². The molecule has 8 nitrogen and oxygen atoms in total. The van der Waals surface area contributed by atoms with Crippen molar-refractivity contribution in [2.75, 3.05) is 47.8 Å². The number of nitrogens with zero attached hydrogens (tertiary/aromatic N) is 5. The Bertz CT molecular complexity index is 1310. The van der Waals surface area contributed by atoms with E-state index < -0.39 is 0 Å². The van der Waals surface area contributed by atoms with Gasteiger partial charge in [-0.25, -0.2) is 4.98 Å². The van der Waals surface area contributed by atoms with Crippen molar-refractivity contribution in [2.45, 2.75) is 26.3 Å². The SMILES string of the molecule is CC1CCc2c(NCc3nc4ccc(Cl)cc4[nH]3)nc(N3CCNCC3)nc2N(c2ccsc2)C1. The summed E-state index contributed by atoms with van der Waals surface area (Å²) in [6.07, 6.45) is 2.04. The molecule has 6 rings (SSSR count). The molecular formula is C25H29ClN8S. The van der Waals surface area contributed by atoms with Crippen molar-refractivity contribution < 1.29 is 0 Å². The van der Waals surface area contributed by atoms with Gasteiger partial charge in [-0.15, -0.1) is 0 Å². The molecule has 10 heteroatoms. The lowest BCUT2D eigenvalue weighted by Crippen LogP contribution is -2.44. The summed E-state index contributed by atoms with van der Waals surface area (Å²) in [4.78, 5) is 23.0. The van der Waals surface area contributed by atoms with Gasteiger partial charge in [0.15, 0.2) is 0 Å². The van der Waals surface area contributed by atoms with E-state index in [4.69, 9.17) is 26.6 Å². The van der Waals surface area contributed by atoms with Gasteiger partial charge in [0.25, 0.3) is 0 Å². The van der Waals surface area contributed by atoms with Crippen LogP contribution in [0.2, 0.25) is 5.02 Å². The molecule has 1 atom stereocenters. The first kappa shape index (κ1) is 22.6. The number of aromatic nitrogens is 4. The fourth-order valence-corrected chi connectivity index (χ4v) is 5.69. The Balaban J connectivity index is 1.39. The lowest BCUT2D eigenvalue weighted by Gasteiger charge is -2.30. The van der Waals surface area contributed by atoms with Gasteiger partial charge in [0.2, 0.25) is 5.95 Å². The van der Waals surface area contributed by atoms with Crippen LogP contribution < -0.4 is 20.4 Å². The minimum absolute atomic E-state index is 0.546. The standard InChI is InChI=1S/C25H29ClN8S/c1-16-2-4-19-23(28-13-22-29-20-5-3-17(26)12-21(20)30-22)31-25(33-9-7-27-8-10-33)32-24(19)34(14-16)18-6-11-35-15-18/h3,5-6,11-12,15-16,27H,2,4,7-10,13-14H2,1H3,(H,29,30)(H,28,31,32). The van der Waals surface area contributed by atoms with E-state index in [0.29, 0.717) is 17.5 Å². The third-order valence-corrected chi connectivity index (χ3v) is 7.65. The van der Waals surface area contributed by atoms with E-state index in [-0.39, 0.29) is 0 Å². The molecule has 5 heterocycles. The van der Waals surface area contributed by atoms with Gasteiger partial charge < -0.3 is 25.4 Å². The summed E-state index contributed by atoms with van der Waals surface area (Å²) in [7, 11) is 0. The Kier molecular flexibility index (Phi) is 6.22. The van der Waals surface area contributed by atoms with E-state index in [2.05, 4.69) is 49.2 Å². The van der Waals surface area contributed by atoms with Crippen LogP contribution in [0.1, 0.15) is 24.7 Å². The Labute approximate surface area is 213 Å². The van der Waals surface area contributed by atoms with E-state index in [1.54, 1.807) is 11.3 Å². The molecule has 0 aliphatic carbocycles. The van der Waals surface area contributed by atoms with Crippen LogP contribution in [0.5, 0.6) is 0 Å². The maximum Gasteiger partial charge on any atom is 0.229 e. The van der Waals surface area contributed by atoms with Crippen molar-refractivity contribution in [3.8, 4) is 0 Å². The van der Waals surface area contributed by atoms with Crippen LogP contribution >= 0.6 is 22.9 Å². The fourth-order valence-electron chi connectivity index (χ4n) is 4.87. The zero-order valence-corrected chi connectivity index (χ0v) is 21.3. The molecule has 0 amide bonds. The molecular weight excluding hydrogens is 480 g/mol. The molecule has 1 unspecified atom stereocenters. The predicted octanol–water partition coefficient (Wildman–Crippen LogP) is 4.81. The van der Waals surface area contributed by atoms with Crippen molar-refractivity contribution in [2.24, 2.45) is 5.92 Å². The van der Waals surface area contributed by atoms with Crippen LogP contribution in [0.4, 0.5) is 23.3 Å². The number of thiophene rings is 1. The number of anilines is 4. The van der Waals surface area contributed by atoms with Gasteiger partial charge in [-0.05, 0) is 48.4 Å². The highest BCUT2D eigenvalue weighted by Gasteiger charge is 2.28. The molecule has 0 spiro atoms. The molecule has 0 saturated carbocycles. The number of fused-ring (bicyclic) bond motifs is 2. The number of imidazole rings is 1. The molecule has 182 valence electrons. The first-order valence-corrected chi connectivity index (χ1v) is 13.5. The number of hydrogen-bond acceptors (Lipinski definition) is 8. The highest BCUT2D eigenvalue weighted by molar-refractivity contribution is 7.08. The maximum atomic E-state index is 6.16. The Morgan fingerprint density at radius 3 is 2.89 bits per heavy atom. The number of hydrogen-bond donors (Lipinski definition) is 3. The minimum atomic E-state index is 0.546. The molecule has 2 aliphatic rings. The molecule has 4 aromatic rings. The number of nitrogens with one attached hydrogen (secondary N) is 3. The number of benzene rings is 1. The monoisotopic (exact) mass is 508 g/mol. The normalized spacial score (nSPS) is 18.5. The predicted molar refractivity (Wildman–Crippen MR) is 144 cm³/mol. The average molecular weight is 509 g/mol. The van der Waals surface area contributed by atoms with E-state index >= 15 is 0 Å². The van der Waals surface area contributed by atoms with Crippen molar-refractivity contribution in [1.82, 2.24) is 25.3 Å². The number of piperazine rings is 1. The van der Waals surface area contributed by atoms with Crippen LogP contribution in [0.25, 0.3) is 11.0 Å². The molecule has 1 saturated heterocycles. The zero-order valence-electron chi connectivity index (χ0n) is 19.7. The summed E-state index contributed by atoms with van der Waals surface area (Å²) in [5, 5.41) is 12.1. The average Bonchev–Trinajstić information content (AvgIpc) is 3.51. The second kappa shape index (κ2) is 9.64. The van der Waals surface area contributed by atoms with Crippen molar-refractivity contribution in [3.63, 3.8) is 0 Å². The van der Waals surface area contributed by atoms with Crippen LogP contribution in [0, 0.1) is 5.92 Å². The summed E-state index contributed by atoms with van der Waals surface area (Å²) in [5.74, 6) is 4.13. The van der Waals surface area contributed by atoms with Gasteiger partial charge in [-0.2, -0.15) is 21.3 Å². The lowest BCUT2D eigenvalue weighted by molar-refractivity contribution is 0.553. The second-order valence-electron chi connectivity index (χ2n) is 9.35. The van der Waals surface area contributed by atoms with Gasteiger partial charge >= 0.3 is 0 Å². The first-order valence-electron chi connectivity index (χ1n) is 12.2. The first-order chi connectivity index (χ1) is 17.1. The molecule has 2 aliphatic heterocycles. The number of H-pyrrole nitrogens is 1. The highest BCUT2D eigenvalue weighted by atomic mass is 35.5. The Morgan fingerprint density at radius 2 is 2.06 bits per heavy atom. The fraction of sp³-hybridized carbons (Fsp3) is 0.400. The topological polar surface area (TPSA) is 85.0 Å². The summed E-state index contributed by atoms with van der Waals surface area (Å²) >= 11 is 7.88. The van der Waals surface area contributed by atoms with Gasteiger partial charge in [0, 0.05) is 48.7 Å². The largest absolute Gasteiger partial charge is 0.362 e. The lowest BCUT2D eigenvalue weighted by atomic mass is 10.0. The van der Waals surface area contributed by atoms with Gasteiger partial charge in [0.05, 0.1) is 23.3 Å². The van der Waals surface area contributed by atoms with Crippen molar-refractivity contribution in [1.29, 1.82) is 0 Å². The number of aromatic amines is 1. The van der Waals surface area contributed by atoms with Crippen molar-refractivity contribution in [3.05, 3.63) is 51.4 Å². The molecule has 1 aromatic carbocycles. The summed E-state index contributed by atoms with van der Waals surface area (Å²) in [6.45, 7) is 7.50. The van der Waals surface area contributed by atoms with Crippen LogP contribution in [0.15, 0.2) is 35.0 Å². The summed E-state index contributed by atoms with van der Waals surface area (Å²) < 4.78 is 0. The van der Waals surface area contributed by atoms with E-state index in [9.17, 15) is 0 Å². The summed E-state index contributed by atoms with van der Waals surface area (Å²) in [5.41, 5.74) is 4.23. The highest BCUT2D eigenvalue weighted by Crippen LogP contribution is 2.38. The second-order valence-corrected chi connectivity index (χ2v) is 10.6. The third-order valence-electron chi connectivity index (χ3n) is 6.74. The quantitative estimate of drug-likeness (QED) is 0.356. The molecule has 1 fully saturated rings. The molecule has 0 radical (unpaired) electrons. The van der Waals surface area contributed by atoms with Crippen LogP contribution in [-0.4, -0.2) is 52.7 Å². The van der Waals surface area contributed by atoms with E-state index in [1.165, 1.54) is 11.3 Å². The zero-order chi connectivity index (χ0) is 23.8. The molecule has 0 bridgehead atoms. The van der Waals surface area contributed by atoms with Gasteiger partial charge in [-0.1, -0.05) is 18.5 Å². The summed E-state index contributed by atoms with van der Waals surface area (Å²) in [6, 6.07) is 7.90. The maximum absolute atomic E-state index is 6.16. The van der Waals surface area contributed by atoms with Crippen molar-refractivity contribution >= 4 is 57.2 Å². The van der Waals surface area contributed by atoms with Crippen LogP contribution in [-0.2, 0) is 13.0 Å². The van der Waals surface area contributed by atoms with Gasteiger partial charge in [0.1, 0.15) is 17.5 Å². The smallest absolute Gasteiger partial charge is 0.229 e. The molecule has 3 N–H and O–H groups in total. The van der Waals surface area contributed by atoms with Gasteiger partial charge in [-0.3, -0.25) is 0 Å². The molecule has 3 aromatic heterocycles. The van der Waals surface area contributed by atoms with E-state index in [1.807, 2.05) is 18.2 Å².